The van der Waals surface area contributed by atoms with Gasteiger partial charge in [-0.15, -0.1) is 0 Å². The van der Waals surface area contributed by atoms with Gasteiger partial charge in [-0.1, -0.05) is 6.07 Å². The topological polar surface area (TPSA) is 79.4 Å². The van der Waals surface area contributed by atoms with Gasteiger partial charge in [0.05, 0.1) is 22.2 Å². The zero-order chi connectivity index (χ0) is 15.6. The molecule has 6 nitrogen and oxygen atoms in total. The number of hydrogen-bond acceptors (Lipinski definition) is 4. The Morgan fingerprint density at radius 2 is 1.95 bits per heavy atom. The number of nitrogens with one attached hydrogen (secondary N) is 1. The second-order valence-corrected chi connectivity index (χ2v) is 8.33. The van der Waals surface area contributed by atoms with E-state index in [1.165, 1.54) is 0 Å². The second kappa shape index (κ2) is 6.01. The van der Waals surface area contributed by atoms with Gasteiger partial charge in [0, 0.05) is 19.3 Å². The predicted molar refractivity (Wildman–Crippen MR) is 80.6 cm³/mol. The summed E-state index contributed by atoms with van der Waals surface area (Å²) in [7, 11) is -3.12. The fraction of sp³-hybridized carbons (Fsp3) is 0.571. The van der Waals surface area contributed by atoms with Crippen LogP contribution in [0, 0.1) is 0 Å². The molecule has 1 N–H and O–H groups in total. The Bertz CT molecular complexity index is 585. The minimum absolute atomic E-state index is 0.220. The molecule has 7 heteroatoms. The molecule has 2 rings (SSSR count). The van der Waals surface area contributed by atoms with Gasteiger partial charge in [0.1, 0.15) is 0 Å². The van der Waals surface area contributed by atoms with Crippen molar-refractivity contribution in [2.24, 2.45) is 0 Å². The Hall–Kier alpha value is -1.63. The van der Waals surface area contributed by atoms with E-state index in [0.29, 0.717) is 0 Å². The first-order valence-corrected chi connectivity index (χ1v) is 8.62. The van der Waals surface area contributed by atoms with Crippen molar-refractivity contribution >= 4 is 15.9 Å². The number of hydrogen-bond donors (Lipinski definition) is 1. The molecule has 1 aliphatic heterocycles. The van der Waals surface area contributed by atoms with Gasteiger partial charge in [-0.3, -0.25) is 4.98 Å². The van der Waals surface area contributed by atoms with E-state index < -0.39 is 20.3 Å². The molecule has 2 heterocycles. The number of sulfone groups is 1. The van der Waals surface area contributed by atoms with E-state index in [9.17, 15) is 13.2 Å². The third-order valence-electron chi connectivity index (χ3n) is 3.84. The predicted octanol–water partition coefficient (Wildman–Crippen LogP) is 1.36. The summed E-state index contributed by atoms with van der Waals surface area (Å²) in [5.41, 5.74) is 0.775. The number of urea groups is 1. The maximum atomic E-state index is 12.3. The number of pyridine rings is 1. The average Bonchev–Trinajstić information content (AvgIpc) is 2.45. The maximum Gasteiger partial charge on any atom is 0.318 e. The molecule has 3 atom stereocenters. The SMILES string of the molecule is CC(NC(=O)N1CC(C)S(=O)(=O)C(C)C1)c1ccccn1. The Labute approximate surface area is 125 Å². The van der Waals surface area contributed by atoms with E-state index >= 15 is 0 Å². The van der Waals surface area contributed by atoms with Crippen molar-refractivity contribution in [2.45, 2.75) is 37.3 Å². The van der Waals surface area contributed by atoms with Gasteiger partial charge >= 0.3 is 6.03 Å². The van der Waals surface area contributed by atoms with Crippen molar-refractivity contribution in [3.63, 3.8) is 0 Å². The summed E-state index contributed by atoms with van der Waals surface area (Å²) < 4.78 is 23.9. The highest BCUT2D eigenvalue weighted by atomic mass is 32.2. The number of nitrogens with zero attached hydrogens (tertiary/aromatic N) is 2. The third kappa shape index (κ3) is 3.34. The van der Waals surface area contributed by atoms with E-state index in [2.05, 4.69) is 10.3 Å². The van der Waals surface area contributed by atoms with Crippen molar-refractivity contribution in [3.8, 4) is 0 Å². The van der Waals surface area contributed by atoms with E-state index in [1.54, 1.807) is 24.9 Å². The zero-order valence-corrected chi connectivity index (χ0v) is 13.3. The fourth-order valence-corrected chi connectivity index (χ4v) is 4.02. The molecule has 1 aliphatic rings. The number of carbonyl (C=O) groups excluding carboxylic acids is 1. The summed E-state index contributed by atoms with van der Waals surface area (Å²) in [6, 6.07) is 5.06. The van der Waals surface area contributed by atoms with Crippen LogP contribution in [0.25, 0.3) is 0 Å². The molecule has 2 amide bonds. The third-order valence-corrected chi connectivity index (χ3v) is 6.38. The van der Waals surface area contributed by atoms with Crippen LogP contribution in [0.4, 0.5) is 4.79 Å². The molecule has 0 aromatic carbocycles. The first kappa shape index (κ1) is 15.8. The first-order valence-electron chi connectivity index (χ1n) is 7.01. The molecular formula is C14H21N3O3S. The molecule has 1 saturated heterocycles. The Balaban J connectivity index is 2.02. The van der Waals surface area contributed by atoms with Crippen molar-refractivity contribution in [2.75, 3.05) is 13.1 Å². The second-order valence-electron chi connectivity index (χ2n) is 5.54. The first-order chi connectivity index (χ1) is 9.82. The Morgan fingerprint density at radius 1 is 1.33 bits per heavy atom. The van der Waals surface area contributed by atoms with E-state index in [4.69, 9.17) is 0 Å². The molecule has 0 radical (unpaired) electrons. The summed E-state index contributed by atoms with van der Waals surface area (Å²) in [5.74, 6) is 0. The lowest BCUT2D eigenvalue weighted by molar-refractivity contribution is 0.192. The highest BCUT2D eigenvalue weighted by Crippen LogP contribution is 2.19. The summed E-state index contributed by atoms with van der Waals surface area (Å²) in [4.78, 5) is 18.0. The molecule has 0 aliphatic carbocycles. The standard InChI is InChI=1S/C14H21N3O3S/c1-10-8-17(9-11(2)21(10,19)20)14(18)16-12(3)13-6-4-5-7-15-13/h4-7,10-12H,8-9H2,1-3H3,(H,16,18). The van der Waals surface area contributed by atoms with Crippen LogP contribution in [0.15, 0.2) is 24.4 Å². The largest absolute Gasteiger partial charge is 0.330 e. The molecule has 1 aromatic rings. The number of aromatic nitrogens is 1. The van der Waals surface area contributed by atoms with Gasteiger partial charge in [-0.05, 0) is 32.9 Å². The molecule has 21 heavy (non-hydrogen) atoms. The van der Waals surface area contributed by atoms with Gasteiger partial charge in [-0.25, -0.2) is 13.2 Å². The van der Waals surface area contributed by atoms with Gasteiger partial charge < -0.3 is 10.2 Å². The number of amides is 2. The normalized spacial score (nSPS) is 26.1. The average molecular weight is 311 g/mol. The lowest BCUT2D eigenvalue weighted by atomic mass is 10.2. The maximum absolute atomic E-state index is 12.3. The highest BCUT2D eigenvalue weighted by Gasteiger charge is 2.37. The molecule has 1 fully saturated rings. The van der Waals surface area contributed by atoms with Gasteiger partial charge in [-0.2, -0.15) is 0 Å². The zero-order valence-electron chi connectivity index (χ0n) is 12.5. The van der Waals surface area contributed by atoms with Crippen LogP contribution in [-0.2, 0) is 9.84 Å². The van der Waals surface area contributed by atoms with Crippen LogP contribution in [-0.4, -0.2) is 47.9 Å². The number of rotatable bonds is 2. The molecule has 116 valence electrons. The lowest BCUT2D eigenvalue weighted by Gasteiger charge is -2.35. The Kier molecular flexibility index (Phi) is 4.51. The minimum Gasteiger partial charge on any atom is -0.330 e. The summed E-state index contributed by atoms with van der Waals surface area (Å²) in [5, 5.41) is 1.80. The van der Waals surface area contributed by atoms with E-state index in [-0.39, 0.29) is 25.2 Å². The van der Waals surface area contributed by atoms with Crippen molar-refractivity contribution < 1.29 is 13.2 Å². The van der Waals surface area contributed by atoms with Crippen molar-refractivity contribution in [1.82, 2.24) is 15.2 Å². The summed E-state index contributed by atoms with van der Waals surface area (Å²) >= 11 is 0. The van der Waals surface area contributed by atoms with Crippen LogP contribution in [0.2, 0.25) is 0 Å². The molecule has 0 spiro atoms. The molecule has 3 unspecified atom stereocenters. The molecule has 0 saturated carbocycles. The van der Waals surface area contributed by atoms with Crippen LogP contribution in [0.3, 0.4) is 0 Å². The van der Waals surface area contributed by atoms with E-state index in [0.717, 1.165) is 5.69 Å². The summed E-state index contributed by atoms with van der Waals surface area (Å²) in [6.07, 6.45) is 1.68. The lowest BCUT2D eigenvalue weighted by Crippen LogP contribution is -2.55. The van der Waals surface area contributed by atoms with Gasteiger partial charge in [0.2, 0.25) is 0 Å². The van der Waals surface area contributed by atoms with E-state index in [1.807, 2.05) is 25.1 Å². The molecule has 0 bridgehead atoms. The Morgan fingerprint density at radius 3 is 2.48 bits per heavy atom. The quantitative estimate of drug-likeness (QED) is 0.894. The highest BCUT2D eigenvalue weighted by molar-refractivity contribution is 7.92. The van der Waals surface area contributed by atoms with Crippen LogP contribution >= 0.6 is 0 Å². The van der Waals surface area contributed by atoms with Crippen LogP contribution in [0.5, 0.6) is 0 Å². The fourth-order valence-electron chi connectivity index (χ4n) is 2.45. The summed E-state index contributed by atoms with van der Waals surface area (Å²) in [6.45, 7) is 5.61. The smallest absolute Gasteiger partial charge is 0.318 e. The van der Waals surface area contributed by atoms with Crippen LogP contribution < -0.4 is 5.32 Å². The van der Waals surface area contributed by atoms with Crippen molar-refractivity contribution in [1.29, 1.82) is 0 Å². The molecule has 1 aromatic heterocycles. The van der Waals surface area contributed by atoms with Crippen molar-refractivity contribution in [3.05, 3.63) is 30.1 Å². The monoisotopic (exact) mass is 311 g/mol. The number of carbonyl (C=O) groups is 1. The molecular weight excluding hydrogens is 290 g/mol. The minimum atomic E-state index is -3.12. The van der Waals surface area contributed by atoms with Gasteiger partial charge in [0.15, 0.2) is 9.84 Å². The van der Waals surface area contributed by atoms with Gasteiger partial charge in [0.25, 0.3) is 0 Å². The van der Waals surface area contributed by atoms with Crippen LogP contribution in [0.1, 0.15) is 32.5 Å².